The van der Waals surface area contributed by atoms with Gasteiger partial charge in [-0.05, 0) is 59.4 Å². The molecule has 112 valence electrons. The van der Waals surface area contributed by atoms with Crippen LogP contribution < -0.4 is 10.5 Å². The highest BCUT2D eigenvalue weighted by Gasteiger charge is 2.28. The fourth-order valence-corrected chi connectivity index (χ4v) is 4.49. The minimum atomic E-state index is -3.56. The first kappa shape index (κ1) is 16.0. The predicted molar refractivity (Wildman–Crippen MR) is 85.0 cm³/mol. The van der Waals surface area contributed by atoms with Gasteiger partial charge < -0.3 is 5.73 Å². The summed E-state index contributed by atoms with van der Waals surface area (Å²) in [5.74, 6) is 0.231. The summed E-state index contributed by atoms with van der Waals surface area (Å²) in [7, 11) is -3.56. The Morgan fingerprint density at radius 2 is 2.25 bits per heavy atom. The summed E-state index contributed by atoms with van der Waals surface area (Å²) in [6.07, 6.45) is 1.82. The van der Waals surface area contributed by atoms with Crippen molar-refractivity contribution in [2.75, 3.05) is 24.4 Å². The minimum absolute atomic E-state index is 0.231. The first-order chi connectivity index (χ1) is 9.42. The van der Waals surface area contributed by atoms with Crippen molar-refractivity contribution in [3.63, 3.8) is 0 Å². The Morgan fingerprint density at radius 3 is 2.90 bits per heavy atom. The fraction of sp³-hybridized carbons (Fsp3) is 0.500. The van der Waals surface area contributed by atoms with Crippen molar-refractivity contribution in [3.8, 4) is 0 Å². The van der Waals surface area contributed by atoms with Crippen molar-refractivity contribution in [3.05, 3.63) is 27.7 Å². The molecule has 20 heavy (non-hydrogen) atoms. The van der Waals surface area contributed by atoms with Crippen LogP contribution in [-0.4, -0.2) is 32.4 Å². The number of anilines is 1. The lowest BCUT2D eigenvalue weighted by Gasteiger charge is -2.31. The molecule has 0 aromatic heterocycles. The van der Waals surface area contributed by atoms with Gasteiger partial charge in [-0.15, -0.1) is 0 Å². The third kappa shape index (κ3) is 3.85. The van der Waals surface area contributed by atoms with Crippen LogP contribution >= 0.6 is 27.5 Å². The summed E-state index contributed by atoms with van der Waals surface area (Å²) in [4.78, 5) is 0. The molecule has 1 aromatic carbocycles. The number of halogens is 2. The van der Waals surface area contributed by atoms with Crippen LogP contribution in [0, 0.1) is 5.92 Å². The molecule has 5 nitrogen and oxygen atoms in total. The second kappa shape index (κ2) is 6.62. The molecule has 0 amide bonds. The number of piperidine rings is 1. The van der Waals surface area contributed by atoms with Gasteiger partial charge in [-0.1, -0.05) is 11.6 Å². The average Bonchev–Trinajstić information content (AvgIpc) is 2.42. The van der Waals surface area contributed by atoms with Gasteiger partial charge in [-0.3, -0.25) is 4.72 Å². The Kier molecular flexibility index (Phi) is 5.30. The van der Waals surface area contributed by atoms with E-state index in [9.17, 15) is 8.42 Å². The number of nitrogens with one attached hydrogen (secondary N) is 1. The Labute approximate surface area is 132 Å². The van der Waals surface area contributed by atoms with Gasteiger partial charge in [0.25, 0.3) is 0 Å². The van der Waals surface area contributed by atoms with Crippen molar-refractivity contribution in [2.45, 2.75) is 12.8 Å². The largest absolute Gasteiger partial charge is 0.330 e. The standard InChI is InChI=1S/C12H17BrClN3O2S/c13-11-6-10(14)3-4-12(11)16-20(18,19)17-5-1-2-9(7-15)8-17/h3-4,6,9,16H,1-2,5,7-8,15H2. The maximum atomic E-state index is 12.4. The van der Waals surface area contributed by atoms with Gasteiger partial charge >= 0.3 is 10.2 Å². The van der Waals surface area contributed by atoms with Crippen molar-refractivity contribution in [1.82, 2.24) is 4.31 Å². The number of nitrogens with zero attached hydrogens (tertiary/aromatic N) is 1. The number of rotatable bonds is 4. The van der Waals surface area contributed by atoms with E-state index < -0.39 is 10.2 Å². The van der Waals surface area contributed by atoms with Gasteiger partial charge in [0.15, 0.2) is 0 Å². The zero-order chi connectivity index (χ0) is 14.8. The van der Waals surface area contributed by atoms with Gasteiger partial charge in [0.2, 0.25) is 0 Å². The molecule has 2 rings (SSSR count). The van der Waals surface area contributed by atoms with Crippen LogP contribution in [0.25, 0.3) is 0 Å². The Hall–Kier alpha value is -0.340. The number of hydrogen-bond donors (Lipinski definition) is 2. The maximum absolute atomic E-state index is 12.4. The smallest absolute Gasteiger partial charge is 0.301 e. The van der Waals surface area contributed by atoms with E-state index in [1.54, 1.807) is 18.2 Å². The van der Waals surface area contributed by atoms with Crippen molar-refractivity contribution < 1.29 is 8.42 Å². The van der Waals surface area contributed by atoms with Crippen LogP contribution in [0.15, 0.2) is 22.7 Å². The summed E-state index contributed by atoms with van der Waals surface area (Å²) < 4.78 is 29.4. The minimum Gasteiger partial charge on any atom is -0.330 e. The topological polar surface area (TPSA) is 75.4 Å². The second-order valence-corrected chi connectivity index (χ2v) is 7.79. The second-order valence-electron chi connectivity index (χ2n) is 4.83. The molecular formula is C12H17BrClN3O2S. The number of benzene rings is 1. The van der Waals surface area contributed by atoms with E-state index in [2.05, 4.69) is 20.7 Å². The van der Waals surface area contributed by atoms with Gasteiger partial charge in [0, 0.05) is 22.6 Å². The van der Waals surface area contributed by atoms with E-state index in [1.807, 2.05) is 0 Å². The van der Waals surface area contributed by atoms with Crippen LogP contribution in [0.1, 0.15) is 12.8 Å². The molecule has 1 fully saturated rings. The number of hydrogen-bond acceptors (Lipinski definition) is 3. The molecule has 1 aliphatic heterocycles. The molecular weight excluding hydrogens is 366 g/mol. The lowest BCUT2D eigenvalue weighted by Crippen LogP contribution is -2.44. The lowest BCUT2D eigenvalue weighted by atomic mass is 10.0. The molecule has 1 unspecified atom stereocenters. The third-order valence-corrected chi connectivity index (χ3v) is 5.71. The van der Waals surface area contributed by atoms with E-state index in [-0.39, 0.29) is 5.92 Å². The van der Waals surface area contributed by atoms with Crippen molar-refractivity contribution >= 4 is 43.4 Å². The molecule has 1 aromatic rings. The average molecular weight is 383 g/mol. The van der Waals surface area contributed by atoms with Gasteiger partial charge in [-0.25, -0.2) is 0 Å². The monoisotopic (exact) mass is 381 g/mol. The molecule has 1 atom stereocenters. The Bertz CT molecular complexity index is 582. The van der Waals surface area contributed by atoms with E-state index in [4.69, 9.17) is 17.3 Å². The maximum Gasteiger partial charge on any atom is 0.301 e. The van der Waals surface area contributed by atoms with E-state index in [0.717, 1.165) is 12.8 Å². The molecule has 1 aliphatic rings. The molecule has 0 radical (unpaired) electrons. The summed E-state index contributed by atoms with van der Waals surface area (Å²) in [5.41, 5.74) is 6.11. The first-order valence-corrected chi connectivity index (χ1v) is 8.96. The third-order valence-electron chi connectivity index (χ3n) is 3.33. The zero-order valence-electron chi connectivity index (χ0n) is 10.9. The van der Waals surface area contributed by atoms with Gasteiger partial charge in [0.05, 0.1) is 5.69 Å². The van der Waals surface area contributed by atoms with Crippen LogP contribution in [0.4, 0.5) is 5.69 Å². The first-order valence-electron chi connectivity index (χ1n) is 6.35. The molecule has 0 aliphatic carbocycles. The van der Waals surface area contributed by atoms with E-state index in [1.165, 1.54) is 4.31 Å². The number of nitrogens with two attached hydrogens (primary N) is 1. The van der Waals surface area contributed by atoms with Crippen molar-refractivity contribution in [2.24, 2.45) is 11.7 Å². The normalized spacial score (nSPS) is 20.9. The zero-order valence-corrected chi connectivity index (χ0v) is 14.0. The molecule has 1 saturated heterocycles. The lowest BCUT2D eigenvalue weighted by molar-refractivity contribution is 0.273. The molecule has 3 N–H and O–H groups in total. The van der Waals surface area contributed by atoms with Gasteiger partial charge in [0.1, 0.15) is 0 Å². The SMILES string of the molecule is NCC1CCCN(S(=O)(=O)Nc2ccc(Cl)cc2Br)C1. The molecule has 1 heterocycles. The van der Waals surface area contributed by atoms with Gasteiger partial charge in [-0.2, -0.15) is 12.7 Å². The molecule has 8 heteroatoms. The highest BCUT2D eigenvalue weighted by atomic mass is 79.9. The van der Waals surface area contributed by atoms with E-state index >= 15 is 0 Å². The van der Waals surface area contributed by atoms with Crippen molar-refractivity contribution in [1.29, 1.82) is 0 Å². The summed E-state index contributed by atoms with van der Waals surface area (Å²) in [6.45, 7) is 1.50. The predicted octanol–water partition coefficient (Wildman–Crippen LogP) is 2.43. The Balaban J connectivity index is 2.14. The molecule has 0 bridgehead atoms. The summed E-state index contributed by atoms with van der Waals surface area (Å²) in [6, 6.07) is 4.93. The Morgan fingerprint density at radius 1 is 1.50 bits per heavy atom. The van der Waals surface area contributed by atoms with E-state index in [0.29, 0.717) is 34.8 Å². The van der Waals surface area contributed by atoms with Crippen LogP contribution in [0.2, 0.25) is 5.02 Å². The summed E-state index contributed by atoms with van der Waals surface area (Å²) in [5, 5.41) is 0.543. The van der Waals surface area contributed by atoms with Crippen LogP contribution in [0.5, 0.6) is 0 Å². The van der Waals surface area contributed by atoms with Crippen LogP contribution in [0.3, 0.4) is 0 Å². The quantitative estimate of drug-likeness (QED) is 0.840. The summed E-state index contributed by atoms with van der Waals surface area (Å²) >= 11 is 9.14. The molecule has 0 spiro atoms. The highest BCUT2D eigenvalue weighted by molar-refractivity contribution is 9.10. The fourth-order valence-electron chi connectivity index (χ4n) is 2.21. The molecule has 0 saturated carbocycles. The highest BCUT2D eigenvalue weighted by Crippen LogP contribution is 2.28. The van der Waals surface area contributed by atoms with Crippen LogP contribution in [-0.2, 0) is 10.2 Å².